The predicted octanol–water partition coefficient (Wildman–Crippen LogP) is 2.59. The number of rotatable bonds is 5. The van der Waals surface area contributed by atoms with Crippen molar-refractivity contribution >= 4 is 34.2 Å². The Labute approximate surface area is 152 Å². The van der Waals surface area contributed by atoms with Crippen LogP contribution in [-0.2, 0) is 11.3 Å². The molecule has 0 aliphatic heterocycles. The topological polar surface area (TPSA) is 81.9 Å². The van der Waals surface area contributed by atoms with Gasteiger partial charge in [-0.1, -0.05) is 18.2 Å². The molecule has 0 radical (unpaired) electrons. The molecule has 7 nitrogen and oxygen atoms in total. The maximum absolute atomic E-state index is 12.1. The standard InChI is InChI=1S/C16H14IN5O2/c1-24-14-7-2-4-11(8-14)16-19-21-22(20-16)10-15(23)18-13-6-3-5-12(17)9-13/h2-9H,10H2,1H3,(H,18,23). The first kappa shape index (κ1) is 16.4. The van der Waals surface area contributed by atoms with Gasteiger partial charge in [-0.15, -0.1) is 10.2 Å². The Bertz CT molecular complexity index is 865. The monoisotopic (exact) mass is 435 g/mol. The van der Waals surface area contributed by atoms with Gasteiger partial charge >= 0.3 is 0 Å². The van der Waals surface area contributed by atoms with Crippen LogP contribution in [0, 0.1) is 3.57 Å². The molecule has 24 heavy (non-hydrogen) atoms. The summed E-state index contributed by atoms with van der Waals surface area (Å²) in [5.41, 5.74) is 1.51. The molecule has 1 heterocycles. The van der Waals surface area contributed by atoms with Crippen molar-refractivity contribution < 1.29 is 9.53 Å². The van der Waals surface area contributed by atoms with Crippen molar-refractivity contribution in [3.63, 3.8) is 0 Å². The smallest absolute Gasteiger partial charge is 0.248 e. The summed E-state index contributed by atoms with van der Waals surface area (Å²) in [6.07, 6.45) is 0. The van der Waals surface area contributed by atoms with Crippen LogP contribution in [0.3, 0.4) is 0 Å². The van der Waals surface area contributed by atoms with Gasteiger partial charge in [-0.25, -0.2) is 0 Å². The molecule has 2 aromatic carbocycles. The number of hydrogen-bond donors (Lipinski definition) is 1. The molecule has 0 unspecified atom stereocenters. The fourth-order valence-electron chi connectivity index (χ4n) is 2.08. The zero-order valence-electron chi connectivity index (χ0n) is 12.8. The molecular formula is C16H14IN5O2. The fourth-order valence-corrected chi connectivity index (χ4v) is 2.63. The number of hydrogen-bond acceptors (Lipinski definition) is 5. The molecule has 1 N–H and O–H groups in total. The summed E-state index contributed by atoms with van der Waals surface area (Å²) in [7, 11) is 1.60. The maximum atomic E-state index is 12.1. The number of ether oxygens (including phenoxy) is 1. The van der Waals surface area contributed by atoms with Crippen LogP contribution in [0.25, 0.3) is 11.4 Å². The first-order chi connectivity index (χ1) is 11.6. The Kier molecular flexibility index (Phi) is 5.04. The van der Waals surface area contributed by atoms with Gasteiger partial charge in [-0.05, 0) is 58.1 Å². The Morgan fingerprint density at radius 2 is 2.08 bits per heavy atom. The van der Waals surface area contributed by atoms with Gasteiger partial charge in [0.25, 0.3) is 0 Å². The molecular weight excluding hydrogens is 421 g/mol. The number of anilines is 1. The lowest BCUT2D eigenvalue weighted by Gasteiger charge is -2.04. The average molecular weight is 435 g/mol. The van der Waals surface area contributed by atoms with E-state index in [1.165, 1.54) is 4.80 Å². The minimum atomic E-state index is -0.216. The van der Waals surface area contributed by atoms with Gasteiger partial charge in [0, 0.05) is 14.8 Å². The average Bonchev–Trinajstić information content (AvgIpc) is 3.03. The van der Waals surface area contributed by atoms with E-state index in [9.17, 15) is 4.79 Å². The van der Waals surface area contributed by atoms with Gasteiger partial charge in [-0.2, -0.15) is 4.80 Å². The Morgan fingerprint density at radius 3 is 2.88 bits per heavy atom. The van der Waals surface area contributed by atoms with Crippen molar-refractivity contribution in [3.8, 4) is 17.1 Å². The fraction of sp³-hybridized carbons (Fsp3) is 0.125. The molecule has 0 aliphatic carbocycles. The molecule has 122 valence electrons. The number of nitrogens with zero attached hydrogens (tertiary/aromatic N) is 4. The zero-order valence-corrected chi connectivity index (χ0v) is 15.0. The largest absolute Gasteiger partial charge is 0.497 e. The summed E-state index contributed by atoms with van der Waals surface area (Å²) in [6.45, 7) is -0.0115. The number of aromatic nitrogens is 4. The van der Waals surface area contributed by atoms with Crippen LogP contribution in [0.5, 0.6) is 5.75 Å². The van der Waals surface area contributed by atoms with Crippen LogP contribution < -0.4 is 10.1 Å². The second-order valence-electron chi connectivity index (χ2n) is 4.93. The van der Waals surface area contributed by atoms with E-state index in [2.05, 4.69) is 43.3 Å². The Hall–Kier alpha value is -2.49. The van der Waals surface area contributed by atoms with Crippen LogP contribution in [0.2, 0.25) is 0 Å². The molecule has 0 saturated heterocycles. The highest BCUT2D eigenvalue weighted by atomic mass is 127. The van der Waals surface area contributed by atoms with Crippen molar-refractivity contribution in [1.29, 1.82) is 0 Å². The van der Waals surface area contributed by atoms with Crippen molar-refractivity contribution in [2.75, 3.05) is 12.4 Å². The van der Waals surface area contributed by atoms with Crippen LogP contribution in [-0.4, -0.2) is 33.2 Å². The quantitative estimate of drug-likeness (QED) is 0.624. The molecule has 0 fully saturated rings. The number of methoxy groups -OCH3 is 1. The van der Waals surface area contributed by atoms with E-state index in [1.807, 2.05) is 48.5 Å². The van der Waals surface area contributed by atoms with Gasteiger partial charge in [0.1, 0.15) is 12.3 Å². The number of amides is 1. The number of halogens is 1. The summed E-state index contributed by atoms with van der Waals surface area (Å²) < 4.78 is 6.22. The highest BCUT2D eigenvalue weighted by molar-refractivity contribution is 14.1. The lowest BCUT2D eigenvalue weighted by Crippen LogP contribution is -2.20. The third-order valence-electron chi connectivity index (χ3n) is 3.17. The molecule has 1 aromatic heterocycles. The molecule has 0 aliphatic rings. The van der Waals surface area contributed by atoms with Crippen molar-refractivity contribution in [1.82, 2.24) is 20.2 Å². The van der Waals surface area contributed by atoms with E-state index < -0.39 is 0 Å². The Balaban J connectivity index is 1.68. The molecule has 0 atom stereocenters. The molecule has 8 heteroatoms. The first-order valence-electron chi connectivity index (χ1n) is 7.12. The van der Waals surface area contributed by atoms with Crippen molar-refractivity contribution in [2.24, 2.45) is 0 Å². The van der Waals surface area contributed by atoms with Gasteiger partial charge in [-0.3, -0.25) is 4.79 Å². The van der Waals surface area contributed by atoms with Gasteiger partial charge < -0.3 is 10.1 Å². The molecule has 3 rings (SSSR count). The Morgan fingerprint density at radius 1 is 1.25 bits per heavy atom. The molecule has 0 saturated carbocycles. The number of tetrazole rings is 1. The van der Waals surface area contributed by atoms with Gasteiger partial charge in [0.05, 0.1) is 7.11 Å². The van der Waals surface area contributed by atoms with Crippen LogP contribution in [0.15, 0.2) is 48.5 Å². The van der Waals surface area contributed by atoms with Crippen LogP contribution >= 0.6 is 22.6 Å². The highest BCUT2D eigenvalue weighted by Gasteiger charge is 2.10. The summed E-state index contributed by atoms with van der Waals surface area (Å²) >= 11 is 2.19. The van der Waals surface area contributed by atoms with E-state index in [-0.39, 0.29) is 12.5 Å². The number of nitrogens with one attached hydrogen (secondary N) is 1. The molecule has 0 spiro atoms. The van der Waals surface area contributed by atoms with Gasteiger partial charge in [0.2, 0.25) is 11.7 Å². The van der Waals surface area contributed by atoms with Gasteiger partial charge in [0.15, 0.2) is 0 Å². The summed E-state index contributed by atoms with van der Waals surface area (Å²) in [6, 6.07) is 14.9. The number of carbonyl (C=O) groups excluding carboxylic acids is 1. The molecule has 0 bridgehead atoms. The summed E-state index contributed by atoms with van der Waals surface area (Å²) in [5, 5.41) is 14.9. The van der Waals surface area contributed by atoms with E-state index in [1.54, 1.807) is 7.11 Å². The molecule has 3 aromatic rings. The van der Waals surface area contributed by atoms with Crippen LogP contribution in [0.4, 0.5) is 5.69 Å². The third kappa shape index (κ3) is 4.07. The minimum absolute atomic E-state index is 0.0115. The lowest BCUT2D eigenvalue weighted by atomic mass is 10.2. The third-order valence-corrected chi connectivity index (χ3v) is 3.85. The van der Waals surface area contributed by atoms with E-state index in [4.69, 9.17) is 4.74 Å². The minimum Gasteiger partial charge on any atom is -0.497 e. The van der Waals surface area contributed by atoms with Crippen molar-refractivity contribution in [3.05, 3.63) is 52.1 Å². The van der Waals surface area contributed by atoms with E-state index in [0.717, 1.165) is 14.8 Å². The normalized spacial score (nSPS) is 10.4. The highest BCUT2D eigenvalue weighted by Crippen LogP contribution is 2.19. The number of carbonyl (C=O) groups is 1. The van der Waals surface area contributed by atoms with E-state index >= 15 is 0 Å². The van der Waals surface area contributed by atoms with Crippen molar-refractivity contribution in [2.45, 2.75) is 6.54 Å². The second kappa shape index (κ2) is 7.39. The molecule has 1 amide bonds. The SMILES string of the molecule is COc1cccc(-c2nnn(CC(=O)Nc3cccc(I)c3)n2)c1. The summed E-state index contributed by atoms with van der Waals surface area (Å²) in [5.74, 6) is 0.933. The summed E-state index contributed by atoms with van der Waals surface area (Å²) in [4.78, 5) is 13.3. The number of benzene rings is 2. The lowest BCUT2D eigenvalue weighted by molar-refractivity contribution is -0.117. The van der Waals surface area contributed by atoms with E-state index in [0.29, 0.717) is 11.6 Å². The predicted molar refractivity (Wildman–Crippen MR) is 97.6 cm³/mol. The van der Waals surface area contributed by atoms with Crippen LogP contribution in [0.1, 0.15) is 0 Å². The second-order valence-corrected chi connectivity index (χ2v) is 6.18. The maximum Gasteiger partial charge on any atom is 0.248 e. The first-order valence-corrected chi connectivity index (χ1v) is 8.19. The zero-order chi connectivity index (χ0) is 16.9.